The van der Waals surface area contributed by atoms with Gasteiger partial charge in [0.15, 0.2) is 12.2 Å². The largest absolute Gasteiger partial charge is 0.472 e. The van der Waals surface area contributed by atoms with E-state index >= 15 is 0 Å². The lowest BCUT2D eigenvalue weighted by molar-refractivity contribution is -0.161. The Labute approximate surface area is 517 Å². The van der Waals surface area contributed by atoms with Gasteiger partial charge >= 0.3 is 39.5 Å². The van der Waals surface area contributed by atoms with Crippen molar-refractivity contribution in [3.63, 3.8) is 0 Å². The van der Waals surface area contributed by atoms with Gasteiger partial charge in [0.1, 0.15) is 19.3 Å². The average Bonchev–Trinajstić information content (AvgIpc) is 3.56. The predicted octanol–water partition coefficient (Wildman–Crippen LogP) is 18.3. The van der Waals surface area contributed by atoms with E-state index in [2.05, 4.69) is 48.5 Å². The molecule has 0 heterocycles. The maximum atomic E-state index is 13.0. The molecule has 0 rings (SSSR count). The van der Waals surface area contributed by atoms with Crippen LogP contribution in [0.1, 0.15) is 325 Å². The van der Waals surface area contributed by atoms with Crippen molar-refractivity contribution in [1.29, 1.82) is 0 Å². The number of rotatable bonds is 64. The quantitative estimate of drug-likeness (QED) is 0.0222. The zero-order valence-corrected chi connectivity index (χ0v) is 56.9. The minimum atomic E-state index is -4.95. The zero-order chi connectivity index (χ0) is 63.1. The van der Waals surface area contributed by atoms with Gasteiger partial charge in [-0.15, -0.1) is 0 Å². The number of aliphatic hydroxyl groups excluding tert-OH is 1. The van der Waals surface area contributed by atoms with Crippen molar-refractivity contribution in [3.8, 4) is 0 Å². The fraction of sp³-hybridized carbons (Fsp3) is 0.939. The summed E-state index contributed by atoms with van der Waals surface area (Å²) in [5.74, 6) is 0.131. The molecule has 0 aromatic carbocycles. The molecule has 0 radical (unpaired) electrons. The van der Waals surface area contributed by atoms with E-state index < -0.39 is 97.5 Å². The second-order valence-corrected chi connectivity index (χ2v) is 27.7. The summed E-state index contributed by atoms with van der Waals surface area (Å²) >= 11 is 0. The molecule has 19 heteroatoms. The van der Waals surface area contributed by atoms with Gasteiger partial charge in [-0.2, -0.15) is 0 Å². The number of unbranched alkanes of at least 4 members (excludes halogenated alkanes) is 30. The Balaban J connectivity index is 5.25. The molecule has 85 heavy (non-hydrogen) atoms. The summed E-state index contributed by atoms with van der Waals surface area (Å²) in [6.07, 6.45) is 38.9. The molecule has 0 aromatic rings. The molecule has 0 aliphatic rings. The normalized spacial score (nSPS) is 15.0. The van der Waals surface area contributed by atoms with Gasteiger partial charge in [-0.25, -0.2) is 9.13 Å². The monoisotopic (exact) mass is 1250 g/mol. The maximum absolute atomic E-state index is 13.0. The van der Waals surface area contributed by atoms with Gasteiger partial charge in [-0.1, -0.05) is 273 Å². The van der Waals surface area contributed by atoms with E-state index in [0.717, 1.165) is 108 Å². The molecular weight excluding hydrogens is 1130 g/mol. The van der Waals surface area contributed by atoms with Gasteiger partial charge in [-0.05, 0) is 43.4 Å². The van der Waals surface area contributed by atoms with E-state index in [1.807, 2.05) is 0 Å². The zero-order valence-electron chi connectivity index (χ0n) is 55.1. The summed E-state index contributed by atoms with van der Waals surface area (Å²) in [6.45, 7) is 11.8. The van der Waals surface area contributed by atoms with E-state index in [-0.39, 0.29) is 25.7 Å². The van der Waals surface area contributed by atoms with Gasteiger partial charge in [0, 0.05) is 25.7 Å². The van der Waals surface area contributed by atoms with Crippen LogP contribution >= 0.6 is 15.6 Å². The third-order valence-electron chi connectivity index (χ3n) is 15.9. The first-order valence-electron chi connectivity index (χ1n) is 34.4. The lowest BCUT2D eigenvalue weighted by Crippen LogP contribution is -2.30. The Hall–Kier alpha value is -1.94. The van der Waals surface area contributed by atoms with Crippen molar-refractivity contribution in [1.82, 2.24) is 0 Å². The van der Waals surface area contributed by atoms with Crippen LogP contribution in [0.3, 0.4) is 0 Å². The first kappa shape index (κ1) is 83.1. The van der Waals surface area contributed by atoms with Gasteiger partial charge in [0.2, 0.25) is 0 Å². The van der Waals surface area contributed by atoms with Gasteiger partial charge in [0.05, 0.1) is 26.4 Å². The van der Waals surface area contributed by atoms with E-state index in [1.165, 1.54) is 135 Å². The Morgan fingerprint density at radius 2 is 0.600 bits per heavy atom. The number of esters is 4. The van der Waals surface area contributed by atoms with Crippen LogP contribution in [0.25, 0.3) is 0 Å². The van der Waals surface area contributed by atoms with E-state index in [4.69, 9.17) is 37.0 Å². The Kier molecular flexibility index (Phi) is 55.9. The first-order valence-corrected chi connectivity index (χ1v) is 37.4. The third-order valence-corrected chi connectivity index (χ3v) is 17.8. The molecule has 0 saturated carbocycles. The van der Waals surface area contributed by atoms with Gasteiger partial charge < -0.3 is 33.8 Å². The average molecular weight is 1260 g/mol. The second kappa shape index (κ2) is 57.2. The molecule has 0 bridgehead atoms. The number of carbonyl (C=O) groups is 4. The van der Waals surface area contributed by atoms with Crippen LogP contribution in [0.5, 0.6) is 0 Å². The smallest absolute Gasteiger partial charge is 0.462 e. The summed E-state index contributed by atoms with van der Waals surface area (Å²) in [5, 5.41) is 10.5. The molecule has 7 atom stereocenters. The Morgan fingerprint density at radius 1 is 0.341 bits per heavy atom. The predicted molar refractivity (Wildman–Crippen MR) is 340 cm³/mol. The highest BCUT2D eigenvalue weighted by molar-refractivity contribution is 7.47. The van der Waals surface area contributed by atoms with Crippen LogP contribution in [0.2, 0.25) is 0 Å². The van der Waals surface area contributed by atoms with E-state index in [1.54, 1.807) is 0 Å². The molecule has 0 spiro atoms. The molecule has 3 N–H and O–H groups in total. The van der Waals surface area contributed by atoms with E-state index in [9.17, 15) is 43.2 Å². The summed E-state index contributed by atoms with van der Waals surface area (Å²) < 4.78 is 68.1. The fourth-order valence-corrected chi connectivity index (χ4v) is 11.3. The number of ether oxygens (including phenoxy) is 4. The Morgan fingerprint density at radius 3 is 0.894 bits per heavy atom. The fourth-order valence-electron chi connectivity index (χ4n) is 9.77. The number of aliphatic hydroxyl groups is 1. The number of hydrogen-bond acceptors (Lipinski definition) is 15. The number of phosphoric ester groups is 2. The van der Waals surface area contributed by atoms with Crippen LogP contribution in [-0.4, -0.2) is 96.7 Å². The van der Waals surface area contributed by atoms with Crippen LogP contribution < -0.4 is 0 Å². The topological polar surface area (TPSA) is 237 Å². The van der Waals surface area contributed by atoms with Crippen molar-refractivity contribution in [2.75, 3.05) is 39.6 Å². The minimum Gasteiger partial charge on any atom is -0.462 e. The molecule has 0 saturated heterocycles. The number of carbonyl (C=O) groups excluding carboxylic acids is 4. The summed E-state index contributed by atoms with van der Waals surface area (Å²) in [5.41, 5.74) is 0. The summed E-state index contributed by atoms with van der Waals surface area (Å²) in [6, 6.07) is 0. The maximum Gasteiger partial charge on any atom is 0.472 e. The van der Waals surface area contributed by atoms with Crippen LogP contribution in [0.4, 0.5) is 0 Å². The molecule has 0 fully saturated rings. The van der Waals surface area contributed by atoms with Gasteiger partial charge in [0.25, 0.3) is 0 Å². The second-order valence-electron chi connectivity index (χ2n) is 24.8. The highest BCUT2D eigenvalue weighted by atomic mass is 31.2. The van der Waals surface area contributed by atoms with Gasteiger partial charge in [-0.3, -0.25) is 37.3 Å². The van der Waals surface area contributed by atoms with Crippen molar-refractivity contribution in [2.45, 2.75) is 343 Å². The molecule has 0 aromatic heterocycles. The lowest BCUT2D eigenvalue weighted by atomic mass is 9.99. The third kappa shape index (κ3) is 58.2. The van der Waals surface area contributed by atoms with Crippen molar-refractivity contribution in [2.24, 2.45) is 17.8 Å². The molecular formula is C66H128O17P2. The van der Waals surface area contributed by atoms with Crippen molar-refractivity contribution in [3.05, 3.63) is 0 Å². The lowest BCUT2D eigenvalue weighted by Gasteiger charge is -2.21. The number of hydrogen-bond donors (Lipinski definition) is 3. The summed E-state index contributed by atoms with van der Waals surface area (Å²) in [7, 11) is -9.89. The standard InChI is InChI=1S/C66H128O17P2/c1-8-11-12-13-14-18-25-33-40-47-63(68)76-54-62(83-66(71)50-43-36-29-28-32-39-46-59(7)10-3)56-81-85(74,75)79-52-60(67)51-78-84(72,73)80-55-61(53-77-64(69)48-41-34-26-22-17-19-23-30-37-44-57(4)5)82-65(70)49-42-35-27-21-16-15-20-24-31-38-45-58(6)9-2/h57-62,67H,8-56H2,1-7H3,(H,72,73)(H,74,75)/t58?,59?,60-,61-,62-/m1/s1. The van der Waals surface area contributed by atoms with Crippen molar-refractivity contribution >= 4 is 39.5 Å². The highest BCUT2D eigenvalue weighted by Gasteiger charge is 2.30. The van der Waals surface area contributed by atoms with Crippen LogP contribution in [0.15, 0.2) is 0 Å². The molecule has 504 valence electrons. The van der Waals surface area contributed by atoms with Crippen LogP contribution in [0, 0.1) is 17.8 Å². The van der Waals surface area contributed by atoms with Crippen LogP contribution in [-0.2, 0) is 65.4 Å². The van der Waals surface area contributed by atoms with E-state index in [0.29, 0.717) is 25.7 Å². The minimum absolute atomic E-state index is 0.103. The summed E-state index contributed by atoms with van der Waals surface area (Å²) in [4.78, 5) is 72.3. The molecule has 17 nitrogen and oxygen atoms in total. The first-order chi connectivity index (χ1) is 40.8. The highest BCUT2D eigenvalue weighted by Crippen LogP contribution is 2.45. The van der Waals surface area contributed by atoms with Crippen molar-refractivity contribution < 1.29 is 80.2 Å². The number of phosphoric acid groups is 2. The molecule has 0 aliphatic carbocycles. The Bertz CT molecular complexity index is 1690. The molecule has 0 amide bonds. The molecule has 0 aliphatic heterocycles. The SMILES string of the molecule is CCCCCCCCCCCC(=O)OC[C@H](COP(=O)(O)OC[C@H](O)COP(=O)(O)OC[C@@H](COC(=O)CCCCCCCCCCCC(C)C)OC(=O)CCCCCCCCCCCCC(C)CC)OC(=O)CCCCCCCCC(C)CC. The molecule has 4 unspecified atom stereocenters.